The topological polar surface area (TPSA) is 73.6 Å². The minimum absolute atomic E-state index is 0.158. The Morgan fingerprint density at radius 3 is 2.76 bits per heavy atom. The third kappa shape index (κ3) is 1.67. The van der Waals surface area contributed by atoms with Gasteiger partial charge in [-0.05, 0) is 18.2 Å². The Bertz CT molecular complexity index is 699. The Balaban J connectivity index is 2.10. The van der Waals surface area contributed by atoms with Gasteiger partial charge in [-0.1, -0.05) is 18.2 Å². The summed E-state index contributed by atoms with van der Waals surface area (Å²) in [6, 6.07) is 11.4. The molecule has 0 amide bonds. The van der Waals surface area contributed by atoms with Crippen molar-refractivity contribution in [1.82, 2.24) is 15.2 Å². The van der Waals surface area contributed by atoms with Crippen molar-refractivity contribution in [2.45, 2.75) is 0 Å². The van der Waals surface area contributed by atoms with Crippen molar-refractivity contribution in [2.75, 3.05) is 5.32 Å². The zero-order valence-corrected chi connectivity index (χ0v) is 8.90. The highest BCUT2D eigenvalue weighted by molar-refractivity contribution is 5.90. The molecule has 0 bridgehead atoms. The standard InChI is InChI=1S/C12H10N4O/c17-12-10-9(6-7-13-12)15-16-11(10)14-8-4-2-1-3-5-8/h1-7H,(H,13,17)(H2,14,15,16). The molecule has 0 atom stereocenters. The minimum Gasteiger partial charge on any atom is -0.338 e. The first-order valence-electron chi connectivity index (χ1n) is 5.22. The third-order valence-corrected chi connectivity index (χ3v) is 2.52. The van der Waals surface area contributed by atoms with Crippen LogP contribution in [0.4, 0.5) is 11.5 Å². The van der Waals surface area contributed by atoms with Crippen molar-refractivity contribution in [3.63, 3.8) is 0 Å². The second-order valence-electron chi connectivity index (χ2n) is 3.66. The molecule has 84 valence electrons. The lowest BCUT2D eigenvalue weighted by Crippen LogP contribution is -2.05. The third-order valence-electron chi connectivity index (χ3n) is 2.52. The Labute approximate surface area is 96.5 Å². The molecule has 3 N–H and O–H groups in total. The highest BCUT2D eigenvalue weighted by Gasteiger charge is 2.08. The predicted octanol–water partition coefficient (Wildman–Crippen LogP) is 1.99. The molecule has 0 radical (unpaired) electrons. The Hall–Kier alpha value is -2.56. The summed E-state index contributed by atoms with van der Waals surface area (Å²) < 4.78 is 0. The fourth-order valence-corrected chi connectivity index (χ4v) is 1.73. The van der Waals surface area contributed by atoms with Gasteiger partial charge in [-0.15, -0.1) is 0 Å². The minimum atomic E-state index is -0.158. The van der Waals surface area contributed by atoms with E-state index < -0.39 is 0 Å². The van der Waals surface area contributed by atoms with Crippen LogP contribution in [0.3, 0.4) is 0 Å². The molecule has 2 aromatic heterocycles. The van der Waals surface area contributed by atoms with Gasteiger partial charge in [-0.25, -0.2) is 0 Å². The number of H-pyrrole nitrogens is 2. The summed E-state index contributed by atoms with van der Waals surface area (Å²) in [4.78, 5) is 14.3. The van der Waals surface area contributed by atoms with Gasteiger partial charge in [0, 0.05) is 11.9 Å². The largest absolute Gasteiger partial charge is 0.338 e. The molecule has 3 rings (SSSR count). The van der Waals surface area contributed by atoms with Gasteiger partial charge in [0.15, 0.2) is 5.82 Å². The van der Waals surface area contributed by atoms with Gasteiger partial charge in [0.25, 0.3) is 5.56 Å². The van der Waals surface area contributed by atoms with E-state index >= 15 is 0 Å². The van der Waals surface area contributed by atoms with Gasteiger partial charge in [-0.3, -0.25) is 9.89 Å². The maximum Gasteiger partial charge on any atom is 0.261 e. The summed E-state index contributed by atoms with van der Waals surface area (Å²) in [5, 5.41) is 10.6. The van der Waals surface area contributed by atoms with E-state index in [0.29, 0.717) is 16.7 Å². The molecule has 0 aliphatic rings. The van der Waals surface area contributed by atoms with Crippen LogP contribution in [0, 0.1) is 0 Å². The van der Waals surface area contributed by atoms with Gasteiger partial charge >= 0.3 is 0 Å². The van der Waals surface area contributed by atoms with Crippen molar-refractivity contribution in [1.29, 1.82) is 0 Å². The fraction of sp³-hybridized carbons (Fsp3) is 0. The van der Waals surface area contributed by atoms with Crippen molar-refractivity contribution < 1.29 is 0 Å². The molecule has 0 fully saturated rings. The van der Waals surface area contributed by atoms with Crippen LogP contribution in [0.15, 0.2) is 47.4 Å². The van der Waals surface area contributed by atoms with Crippen molar-refractivity contribution >= 4 is 22.4 Å². The number of hydrogen-bond donors (Lipinski definition) is 3. The number of para-hydroxylation sites is 1. The number of nitrogens with one attached hydrogen (secondary N) is 3. The summed E-state index contributed by atoms with van der Waals surface area (Å²) in [5.74, 6) is 0.535. The maximum absolute atomic E-state index is 11.7. The second-order valence-corrected chi connectivity index (χ2v) is 3.66. The molecule has 3 aromatic rings. The summed E-state index contributed by atoms with van der Waals surface area (Å²) in [6.07, 6.45) is 1.59. The number of nitrogens with zero attached hydrogens (tertiary/aromatic N) is 1. The molecule has 0 aliphatic carbocycles. The molecule has 17 heavy (non-hydrogen) atoms. The van der Waals surface area contributed by atoms with Crippen LogP contribution < -0.4 is 10.9 Å². The molecule has 0 aliphatic heterocycles. The van der Waals surface area contributed by atoms with E-state index in [1.54, 1.807) is 12.3 Å². The molecular weight excluding hydrogens is 216 g/mol. The Morgan fingerprint density at radius 1 is 1.12 bits per heavy atom. The van der Waals surface area contributed by atoms with Gasteiger partial charge in [0.05, 0.1) is 5.52 Å². The van der Waals surface area contributed by atoms with Crippen LogP contribution in [0.2, 0.25) is 0 Å². The van der Waals surface area contributed by atoms with Crippen molar-refractivity contribution in [2.24, 2.45) is 0 Å². The molecule has 2 heterocycles. The Kier molecular flexibility index (Phi) is 2.15. The molecule has 0 spiro atoms. The molecular formula is C12H10N4O. The van der Waals surface area contributed by atoms with Gasteiger partial charge < -0.3 is 10.3 Å². The zero-order chi connectivity index (χ0) is 11.7. The fourth-order valence-electron chi connectivity index (χ4n) is 1.73. The quantitative estimate of drug-likeness (QED) is 0.625. The molecule has 0 saturated carbocycles. The molecule has 0 unspecified atom stereocenters. The van der Waals surface area contributed by atoms with Crippen LogP contribution >= 0.6 is 0 Å². The van der Waals surface area contributed by atoms with E-state index in [9.17, 15) is 4.79 Å². The summed E-state index contributed by atoms with van der Waals surface area (Å²) in [7, 11) is 0. The molecule has 1 aromatic carbocycles. The number of aromatic amines is 2. The normalized spacial score (nSPS) is 10.6. The number of rotatable bonds is 2. The summed E-state index contributed by atoms with van der Waals surface area (Å²) in [6.45, 7) is 0. The first-order valence-corrected chi connectivity index (χ1v) is 5.22. The van der Waals surface area contributed by atoms with Crippen LogP contribution in [-0.4, -0.2) is 15.2 Å². The number of pyridine rings is 1. The molecule has 5 heteroatoms. The average molecular weight is 226 g/mol. The van der Waals surface area contributed by atoms with Crippen LogP contribution in [0.5, 0.6) is 0 Å². The van der Waals surface area contributed by atoms with E-state index in [1.165, 1.54) is 0 Å². The zero-order valence-electron chi connectivity index (χ0n) is 8.90. The summed E-state index contributed by atoms with van der Waals surface area (Å²) in [5.41, 5.74) is 1.45. The monoisotopic (exact) mass is 226 g/mol. The second kappa shape index (κ2) is 3.79. The number of aromatic nitrogens is 3. The first-order chi connectivity index (χ1) is 8.34. The first kappa shape index (κ1) is 9.65. The van der Waals surface area contributed by atoms with E-state index in [-0.39, 0.29) is 5.56 Å². The van der Waals surface area contributed by atoms with E-state index in [0.717, 1.165) is 5.69 Å². The van der Waals surface area contributed by atoms with Gasteiger partial charge in [-0.2, -0.15) is 5.10 Å². The van der Waals surface area contributed by atoms with Crippen molar-refractivity contribution in [3.8, 4) is 0 Å². The van der Waals surface area contributed by atoms with E-state index in [2.05, 4.69) is 20.5 Å². The van der Waals surface area contributed by atoms with E-state index in [4.69, 9.17) is 0 Å². The lowest BCUT2D eigenvalue weighted by Gasteiger charge is -2.01. The number of anilines is 2. The smallest absolute Gasteiger partial charge is 0.261 e. The van der Waals surface area contributed by atoms with Crippen molar-refractivity contribution in [3.05, 3.63) is 52.9 Å². The number of fused-ring (bicyclic) bond motifs is 1. The molecule has 0 saturated heterocycles. The van der Waals surface area contributed by atoms with Crippen LogP contribution in [0.25, 0.3) is 10.9 Å². The van der Waals surface area contributed by atoms with E-state index in [1.807, 2.05) is 30.3 Å². The lowest BCUT2D eigenvalue weighted by molar-refractivity contribution is 1.12. The highest BCUT2D eigenvalue weighted by Crippen LogP contribution is 2.19. The molecule has 5 nitrogen and oxygen atoms in total. The lowest BCUT2D eigenvalue weighted by atomic mass is 10.3. The maximum atomic E-state index is 11.7. The van der Waals surface area contributed by atoms with Crippen LogP contribution in [0.1, 0.15) is 0 Å². The SMILES string of the molecule is O=c1[nH]ccc2[nH]nc(Nc3ccccc3)c12. The summed E-state index contributed by atoms with van der Waals surface area (Å²) >= 11 is 0. The van der Waals surface area contributed by atoms with Gasteiger partial charge in [0.2, 0.25) is 0 Å². The number of benzene rings is 1. The van der Waals surface area contributed by atoms with Gasteiger partial charge in [0.1, 0.15) is 5.39 Å². The highest BCUT2D eigenvalue weighted by atomic mass is 16.1. The Morgan fingerprint density at radius 2 is 1.94 bits per heavy atom. The average Bonchev–Trinajstić information content (AvgIpc) is 2.75. The predicted molar refractivity (Wildman–Crippen MR) is 66.4 cm³/mol. The number of hydrogen-bond acceptors (Lipinski definition) is 3. The van der Waals surface area contributed by atoms with Crippen LogP contribution in [-0.2, 0) is 0 Å².